The largest absolute Gasteiger partial charge is 0.480 e. The molecule has 2 saturated heterocycles. The summed E-state index contributed by atoms with van der Waals surface area (Å²) in [5.41, 5.74) is 0. The number of aliphatic hydroxyl groups excluding tert-OH is 6. The molecule has 0 aromatic heterocycles. The van der Waals surface area contributed by atoms with Gasteiger partial charge >= 0.3 is 5.97 Å². The lowest BCUT2D eigenvalue weighted by molar-refractivity contribution is -0.367. The molecule has 0 aromatic carbocycles. The van der Waals surface area contributed by atoms with E-state index in [0.717, 1.165) is 12.8 Å². The highest BCUT2D eigenvalue weighted by Crippen LogP contribution is 2.34. The standard InChI is InChI=1S/C18H31NO12/c20-4-10-11(22)12(23)13(24)17(30-10)31-14-9(21)5-29-18(28,15(14)25)6-19-8(16(26)27)3-7-1-2-7/h7-15,17,19-25,28H,1-6H2,(H,26,27)/t8?,9-,10-,11+,12+,13-,14-,15+,17+,18-/m1/s1. The van der Waals surface area contributed by atoms with Gasteiger partial charge in [0.2, 0.25) is 5.79 Å². The van der Waals surface area contributed by atoms with E-state index in [9.17, 15) is 45.6 Å². The van der Waals surface area contributed by atoms with Crippen LogP contribution in [0, 0.1) is 5.92 Å². The van der Waals surface area contributed by atoms with Crippen LogP contribution in [0.3, 0.4) is 0 Å². The van der Waals surface area contributed by atoms with Crippen LogP contribution in [0.15, 0.2) is 0 Å². The van der Waals surface area contributed by atoms with Crippen LogP contribution in [0.5, 0.6) is 0 Å². The molecule has 31 heavy (non-hydrogen) atoms. The van der Waals surface area contributed by atoms with Gasteiger partial charge in [-0.2, -0.15) is 0 Å². The molecule has 0 spiro atoms. The molecule has 0 amide bonds. The van der Waals surface area contributed by atoms with Gasteiger partial charge in [0, 0.05) is 0 Å². The molecule has 2 aliphatic heterocycles. The molecule has 0 aromatic rings. The molecule has 9 N–H and O–H groups in total. The van der Waals surface area contributed by atoms with Crippen LogP contribution < -0.4 is 5.32 Å². The van der Waals surface area contributed by atoms with Gasteiger partial charge in [-0.1, -0.05) is 12.8 Å². The van der Waals surface area contributed by atoms with Crippen LogP contribution in [0.1, 0.15) is 19.3 Å². The van der Waals surface area contributed by atoms with E-state index in [2.05, 4.69) is 5.32 Å². The van der Waals surface area contributed by atoms with Gasteiger partial charge in [-0.15, -0.1) is 0 Å². The summed E-state index contributed by atoms with van der Waals surface area (Å²) < 4.78 is 15.8. The molecule has 1 unspecified atom stereocenters. The molecule has 3 fully saturated rings. The van der Waals surface area contributed by atoms with Crippen LogP contribution in [-0.2, 0) is 19.0 Å². The Labute approximate surface area is 177 Å². The number of hydrogen-bond donors (Lipinski definition) is 9. The van der Waals surface area contributed by atoms with Crippen molar-refractivity contribution in [3.8, 4) is 0 Å². The fraction of sp³-hybridized carbons (Fsp3) is 0.944. The Hall–Kier alpha value is -0.970. The second kappa shape index (κ2) is 9.89. The average Bonchev–Trinajstić information content (AvgIpc) is 3.55. The van der Waals surface area contributed by atoms with E-state index < -0.39 is 86.6 Å². The number of hydrogen-bond acceptors (Lipinski definition) is 12. The van der Waals surface area contributed by atoms with Crippen molar-refractivity contribution in [2.45, 2.75) is 80.1 Å². The molecule has 180 valence electrons. The zero-order valence-electron chi connectivity index (χ0n) is 16.7. The van der Waals surface area contributed by atoms with Crippen molar-refractivity contribution in [3.05, 3.63) is 0 Å². The summed E-state index contributed by atoms with van der Waals surface area (Å²) in [6.45, 7) is -1.67. The minimum absolute atomic E-state index is 0.282. The first-order valence-corrected chi connectivity index (χ1v) is 10.2. The van der Waals surface area contributed by atoms with Crippen LogP contribution >= 0.6 is 0 Å². The molecule has 13 heteroatoms. The van der Waals surface area contributed by atoms with Crippen molar-refractivity contribution in [1.29, 1.82) is 0 Å². The maximum Gasteiger partial charge on any atom is 0.320 e. The van der Waals surface area contributed by atoms with Crippen LogP contribution in [0.2, 0.25) is 0 Å². The van der Waals surface area contributed by atoms with E-state index >= 15 is 0 Å². The maximum absolute atomic E-state index is 11.4. The highest BCUT2D eigenvalue weighted by molar-refractivity contribution is 5.73. The van der Waals surface area contributed by atoms with Crippen molar-refractivity contribution >= 4 is 5.97 Å². The van der Waals surface area contributed by atoms with E-state index in [4.69, 9.17) is 14.2 Å². The third-order valence-electron chi connectivity index (χ3n) is 5.96. The lowest BCUT2D eigenvalue weighted by Gasteiger charge is -2.47. The first-order valence-electron chi connectivity index (χ1n) is 10.2. The van der Waals surface area contributed by atoms with E-state index in [1.54, 1.807) is 0 Å². The topological polar surface area (TPSA) is 219 Å². The molecule has 0 bridgehead atoms. The summed E-state index contributed by atoms with van der Waals surface area (Å²) in [4.78, 5) is 11.4. The fourth-order valence-corrected chi connectivity index (χ4v) is 3.76. The fourth-order valence-electron chi connectivity index (χ4n) is 3.76. The number of carbonyl (C=O) groups is 1. The summed E-state index contributed by atoms with van der Waals surface area (Å²) in [5, 5.41) is 82.6. The molecule has 2 heterocycles. The first-order chi connectivity index (χ1) is 14.6. The Bertz CT molecular complexity index is 618. The van der Waals surface area contributed by atoms with E-state index in [0.29, 0.717) is 6.42 Å². The zero-order valence-corrected chi connectivity index (χ0v) is 16.7. The molecular weight excluding hydrogens is 422 g/mol. The second-order valence-electron chi connectivity index (χ2n) is 8.42. The van der Waals surface area contributed by atoms with E-state index in [1.165, 1.54) is 0 Å². The molecule has 3 aliphatic rings. The molecule has 10 atom stereocenters. The van der Waals surface area contributed by atoms with Crippen molar-refractivity contribution < 1.29 is 59.9 Å². The average molecular weight is 453 g/mol. The Morgan fingerprint density at radius 1 is 1.13 bits per heavy atom. The van der Waals surface area contributed by atoms with Crippen LogP contribution in [0.25, 0.3) is 0 Å². The molecule has 1 aliphatic carbocycles. The minimum Gasteiger partial charge on any atom is -0.480 e. The SMILES string of the molecule is O=C(O)C(CC1CC1)NC[C@@]1(O)OC[C@@H](O)[C@@H](O[C@@H]2O[C@H](CO)[C@H](O)[C@H](O)[C@H]2O)[C@@H]1O. The number of ether oxygens (including phenoxy) is 3. The van der Waals surface area contributed by atoms with Crippen molar-refractivity contribution in [1.82, 2.24) is 5.32 Å². The minimum atomic E-state index is -2.32. The lowest BCUT2D eigenvalue weighted by Crippen LogP contribution is -2.68. The quantitative estimate of drug-likeness (QED) is 0.161. The van der Waals surface area contributed by atoms with Crippen molar-refractivity contribution in [2.24, 2.45) is 5.92 Å². The molecule has 3 rings (SSSR count). The Morgan fingerprint density at radius 3 is 2.39 bits per heavy atom. The van der Waals surface area contributed by atoms with Gasteiger partial charge in [-0.25, -0.2) is 0 Å². The molecule has 13 nitrogen and oxygen atoms in total. The predicted octanol–water partition coefficient (Wildman–Crippen LogP) is -4.54. The van der Waals surface area contributed by atoms with Gasteiger partial charge in [0.15, 0.2) is 6.29 Å². The monoisotopic (exact) mass is 453 g/mol. The lowest BCUT2D eigenvalue weighted by atomic mass is 9.95. The molecule has 0 radical (unpaired) electrons. The van der Waals surface area contributed by atoms with E-state index in [-0.39, 0.29) is 5.92 Å². The van der Waals surface area contributed by atoms with Gasteiger partial charge in [-0.05, 0) is 12.3 Å². The summed E-state index contributed by atoms with van der Waals surface area (Å²) in [5.74, 6) is -3.16. The second-order valence-corrected chi connectivity index (χ2v) is 8.42. The van der Waals surface area contributed by atoms with Gasteiger partial charge in [0.05, 0.1) is 19.8 Å². The summed E-state index contributed by atoms with van der Waals surface area (Å²) in [6.07, 6.45) is -10.8. The zero-order chi connectivity index (χ0) is 22.9. The van der Waals surface area contributed by atoms with Crippen molar-refractivity contribution in [3.63, 3.8) is 0 Å². The Kier molecular flexibility index (Phi) is 7.87. The highest BCUT2D eigenvalue weighted by atomic mass is 16.7. The summed E-state index contributed by atoms with van der Waals surface area (Å²) >= 11 is 0. The third-order valence-corrected chi connectivity index (χ3v) is 5.96. The maximum atomic E-state index is 11.4. The number of carboxylic acid groups (broad SMARTS) is 1. The van der Waals surface area contributed by atoms with Gasteiger partial charge in [-0.3, -0.25) is 10.1 Å². The van der Waals surface area contributed by atoms with Gasteiger partial charge in [0.25, 0.3) is 0 Å². The number of aliphatic carboxylic acids is 1. The first kappa shape index (κ1) is 24.7. The van der Waals surface area contributed by atoms with Crippen LogP contribution in [-0.4, -0.2) is 127 Å². The normalized spacial score (nSPS) is 44.7. The van der Waals surface area contributed by atoms with Crippen LogP contribution in [0.4, 0.5) is 0 Å². The third kappa shape index (κ3) is 5.51. The molecule has 1 saturated carbocycles. The predicted molar refractivity (Wildman–Crippen MR) is 98.3 cm³/mol. The number of carboxylic acids is 1. The number of rotatable bonds is 9. The van der Waals surface area contributed by atoms with Gasteiger partial charge in [0.1, 0.15) is 48.8 Å². The van der Waals surface area contributed by atoms with Crippen molar-refractivity contribution in [2.75, 3.05) is 19.8 Å². The smallest absolute Gasteiger partial charge is 0.320 e. The number of aliphatic hydroxyl groups is 7. The molecular formula is C18H31NO12. The summed E-state index contributed by atoms with van der Waals surface area (Å²) in [6, 6.07) is -0.969. The Morgan fingerprint density at radius 2 is 1.81 bits per heavy atom. The number of nitrogens with one attached hydrogen (secondary N) is 1. The van der Waals surface area contributed by atoms with E-state index in [1.807, 2.05) is 0 Å². The summed E-state index contributed by atoms with van der Waals surface area (Å²) in [7, 11) is 0. The highest BCUT2D eigenvalue weighted by Gasteiger charge is 2.53. The van der Waals surface area contributed by atoms with Gasteiger partial charge < -0.3 is 55.1 Å². The Balaban J connectivity index is 1.65.